The molecule has 0 spiro atoms. The van der Waals surface area contributed by atoms with Crippen LogP contribution in [0.3, 0.4) is 0 Å². The van der Waals surface area contributed by atoms with Crippen molar-refractivity contribution in [3.05, 3.63) is 30.1 Å². The summed E-state index contributed by atoms with van der Waals surface area (Å²) in [5.41, 5.74) is 3.73. The van der Waals surface area contributed by atoms with E-state index in [-0.39, 0.29) is 12.0 Å². The molecule has 2 N–H and O–H groups in total. The number of esters is 1. The standard InChI is InChI=1S/C29H38N6O3S/c1-4-30-27(37)34-28-33-23-16-20(15-22(24(23)39-28)19-9-7-6-8-10-19)21-17-31-26(32-18-21)35-13-11-29(3,12-14-35)25(36)38-5-2/h15-19H,4-14H2,1-3H3,(H2,30,33,34,37). The molecule has 2 amide bonds. The van der Waals surface area contributed by atoms with Gasteiger partial charge < -0.3 is 15.0 Å². The summed E-state index contributed by atoms with van der Waals surface area (Å²) in [5.74, 6) is 1.05. The van der Waals surface area contributed by atoms with E-state index in [4.69, 9.17) is 19.7 Å². The summed E-state index contributed by atoms with van der Waals surface area (Å²) < 4.78 is 6.43. The van der Waals surface area contributed by atoms with E-state index in [0.29, 0.717) is 43.2 Å². The van der Waals surface area contributed by atoms with Gasteiger partial charge in [0.2, 0.25) is 5.95 Å². The van der Waals surface area contributed by atoms with Crippen molar-refractivity contribution in [2.75, 3.05) is 36.5 Å². The number of aromatic nitrogens is 3. The van der Waals surface area contributed by atoms with Gasteiger partial charge in [-0.1, -0.05) is 30.6 Å². The zero-order valence-corrected chi connectivity index (χ0v) is 23.9. The first-order valence-corrected chi connectivity index (χ1v) is 15.0. The van der Waals surface area contributed by atoms with Gasteiger partial charge in [0.25, 0.3) is 0 Å². The van der Waals surface area contributed by atoms with Gasteiger partial charge in [0.15, 0.2) is 5.13 Å². The third-order valence-corrected chi connectivity index (χ3v) is 9.05. The number of nitrogens with one attached hydrogen (secondary N) is 2. The van der Waals surface area contributed by atoms with E-state index in [1.807, 2.05) is 33.2 Å². The molecule has 2 aliphatic rings. The molecule has 2 fully saturated rings. The molecule has 3 heterocycles. The fraction of sp³-hybridized carbons (Fsp3) is 0.552. The summed E-state index contributed by atoms with van der Waals surface area (Å²) in [6, 6.07) is 4.11. The van der Waals surface area contributed by atoms with Gasteiger partial charge in [0.05, 0.1) is 22.2 Å². The molecule has 208 valence electrons. The number of thiazole rings is 1. The number of anilines is 2. The lowest BCUT2D eigenvalue weighted by atomic mass is 9.80. The van der Waals surface area contributed by atoms with Gasteiger partial charge in [-0.3, -0.25) is 10.1 Å². The van der Waals surface area contributed by atoms with Gasteiger partial charge >= 0.3 is 12.0 Å². The Labute approximate surface area is 233 Å². The molecular weight excluding hydrogens is 512 g/mol. The molecule has 9 nitrogen and oxygen atoms in total. The first-order chi connectivity index (χ1) is 18.9. The second-order valence-corrected chi connectivity index (χ2v) is 11.8. The molecule has 2 aromatic heterocycles. The average Bonchev–Trinajstić information content (AvgIpc) is 3.36. The van der Waals surface area contributed by atoms with Crippen molar-refractivity contribution in [3.8, 4) is 11.1 Å². The molecule has 0 bridgehead atoms. The summed E-state index contributed by atoms with van der Waals surface area (Å²) >= 11 is 1.55. The summed E-state index contributed by atoms with van der Waals surface area (Å²) in [5, 5.41) is 6.27. The number of urea groups is 1. The Balaban J connectivity index is 1.38. The molecule has 1 aliphatic carbocycles. The Bertz CT molecular complexity index is 1310. The lowest BCUT2D eigenvalue weighted by molar-refractivity contribution is -0.155. The smallest absolute Gasteiger partial charge is 0.321 e. The van der Waals surface area contributed by atoms with Gasteiger partial charge in [0, 0.05) is 37.6 Å². The van der Waals surface area contributed by atoms with Crippen LogP contribution < -0.4 is 15.5 Å². The third-order valence-electron chi connectivity index (χ3n) is 8.01. The van der Waals surface area contributed by atoms with Crippen molar-refractivity contribution < 1.29 is 14.3 Å². The minimum atomic E-state index is -0.449. The van der Waals surface area contributed by atoms with Crippen LogP contribution in [-0.4, -0.2) is 53.2 Å². The predicted octanol–water partition coefficient (Wildman–Crippen LogP) is 6.11. The van der Waals surface area contributed by atoms with Crippen molar-refractivity contribution in [1.82, 2.24) is 20.3 Å². The van der Waals surface area contributed by atoms with E-state index in [1.165, 1.54) is 37.7 Å². The molecule has 10 heteroatoms. The normalized spacial score (nSPS) is 17.7. The molecule has 39 heavy (non-hydrogen) atoms. The van der Waals surface area contributed by atoms with Gasteiger partial charge in [-0.15, -0.1) is 0 Å². The number of benzene rings is 1. The second-order valence-electron chi connectivity index (χ2n) is 10.8. The first kappa shape index (κ1) is 27.3. The maximum atomic E-state index is 12.4. The monoisotopic (exact) mass is 550 g/mol. The molecule has 0 unspecified atom stereocenters. The molecule has 1 saturated heterocycles. The largest absolute Gasteiger partial charge is 0.466 e. The van der Waals surface area contributed by atoms with Crippen molar-refractivity contribution in [3.63, 3.8) is 0 Å². The number of hydrogen-bond donors (Lipinski definition) is 2. The van der Waals surface area contributed by atoms with Gasteiger partial charge in [-0.2, -0.15) is 0 Å². The lowest BCUT2D eigenvalue weighted by Gasteiger charge is -2.37. The topological polar surface area (TPSA) is 109 Å². The number of amides is 2. The van der Waals surface area contributed by atoms with E-state index in [1.54, 1.807) is 11.3 Å². The number of piperidine rings is 1. The van der Waals surface area contributed by atoms with E-state index in [0.717, 1.165) is 34.2 Å². The maximum Gasteiger partial charge on any atom is 0.321 e. The summed E-state index contributed by atoms with van der Waals surface area (Å²) in [6.07, 6.45) is 11.3. The number of rotatable bonds is 7. The zero-order valence-electron chi connectivity index (χ0n) is 23.1. The van der Waals surface area contributed by atoms with Gasteiger partial charge in [-0.25, -0.2) is 19.7 Å². The molecule has 1 saturated carbocycles. The highest BCUT2D eigenvalue weighted by atomic mass is 32.1. The Hall–Kier alpha value is -3.27. The molecule has 0 atom stereocenters. The number of hydrogen-bond acceptors (Lipinski definition) is 8. The highest BCUT2D eigenvalue weighted by Crippen LogP contribution is 2.42. The first-order valence-electron chi connectivity index (χ1n) is 14.1. The van der Waals surface area contributed by atoms with Crippen LogP contribution in [0.1, 0.15) is 77.2 Å². The van der Waals surface area contributed by atoms with Gasteiger partial charge in [-0.05, 0) is 75.6 Å². The van der Waals surface area contributed by atoms with Crippen molar-refractivity contribution in [2.45, 2.75) is 71.6 Å². The van der Waals surface area contributed by atoms with Crippen molar-refractivity contribution in [2.24, 2.45) is 5.41 Å². The minimum absolute atomic E-state index is 0.114. The fourth-order valence-corrected chi connectivity index (χ4v) is 6.67. The van der Waals surface area contributed by atoms with Crippen LogP contribution in [0.15, 0.2) is 24.5 Å². The average molecular weight is 551 g/mol. The quantitative estimate of drug-likeness (QED) is 0.342. The lowest BCUT2D eigenvalue weighted by Crippen LogP contribution is -2.44. The molecule has 1 aliphatic heterocycles. The van der Waals surface area contributed by atoms with Crippen molar-refractivity contribution in [1.29, 1.82) is 0 Å². The van der Waals surface area contributed by atoms with Gasteiger partial charge in [0.1, 0.15) is 0 Å². The maximum absolute atomic E-state index is 12.4. The number of carbonyl (C=O) groups excluding carboxylic acids is 2. The number of nitrogens with zero attached hydrogens (tertiary/aromatic N) is 4. The minimum Gasteiger partial charge on any atom is -0.466 e. The van der Waals surface area contributed by atoms with Crippen LogP contribution in [-0.2, 0) is 9.53 Å². The predicted molar refractivity (Wildman–Crippen MR) is 155 cm³/mol. The Kier molecular flexibility index (Phi) is 8.30. The Morgan fingerprint density at radius 2 is 1.79 bits per heavy atom. The van der Waals surface area contributed by atoms with Crippen LogP contribution in [0.5, 0.6) is 0 Å². The Morgan fingerprint density at radius 3 is 2.46 bits per heavy atom. The number of carbonyl (C=O) groups is 2. The SMILES string of the molecule is CCNC(=O)Nc1nc2cc(-c3cnc(N4CCC(C)(C(=O)OCC)CC4)nc3)cc(C3CCCCC3)c2s1. The van der Waals surface area contributed by atoms with Crippen molar-refractivity contribution >= 4 is 44.6 Å². The van der Waals surface area contributed by atoms with E-state index >= 15 is 0 Å². The van der Waals surface area contributed by atoms with E-state index in [9.17, 15) is 9.59 Å². The number of fused-ring (bicyclic) bond motifs is 1. The van der Waals surface area contributed by atoms with E-state index in [2.05, 4.69) is 27.7 Å². The molecular formula is C29H38N6O3S. The summed E-state index contributed by atoms with van der Waals surface area (Å²) in [6.45, 7) is 8.12. The van der Waals surface area contributed by atoms with Crippen LogP contribution in [0.4, 0.5) is 15.9 Å². The highest BCUT2D eigenvalue weighted by Gasteiger charge is 2.38. The zero-order chi connectivity index (χ0) is 27.4. The Morgan fingerprint density at radius 1 is 1.08 bits per heavy atom. The summed E-state index contributed by atoms with van der Waals surface area (Å²) in [4.78, 5) is 40.8. The van der Waals surface area contributed by atoms with Crippen LogP contribution in [0.25, 0.3) is 21.3 Å². The molecule has 0 radical (unpaired) electrons. The second kappa shape index (κ2) is 11.9. The third kappa shape index (κ3) is 6.00. The molecule has 5 rings (SSSR count). The van der Waals surface area contributed by atoms with E-state index < -0.39 is 5.41 Å². The molecule has 3 aromatic rings. The van der Waals surface area contributed by atoms with Crippen LogP contribution in [0.2, 0.25) is 0 Å². The number of ether oxygens (including phenoxy) is 1. The van der Waals surface area contributed by atoms with Crippen LogP contribution in [0, 0.1) is 5.41 Å². The summed E-state index contributed by atoms with van der Waals surface area (Å²) in [7, 11) is 0. The fourth-order valence-electron chi connectivity index (χ4n) is 5.64. The highest BCUT2D eigenvalue weighted by molar-refractivity contribution is 7.22. The van der Waals surface area contributed by atoms with Crippen LogP contribution >= 0.6 is 11.3 Å². The molecule has 1 aromatic carbocycles.